The molecule has 1 amide bonds. The van der Waals surface area contributed by atoms with Gasteiger partial charge in [-0.1, -0.05) is 0 Å². The molecule has 1 aromatic rings. The monoisotopic (exact) mass is 305 g/mol. The van der Waals surface area contributed by atoms with Gasteiger partial charge in [-0.15, -0.1) is 0 Å². The summed E-state index contributed by atoms with van der Waals surface area (Å²) in [6.07, 6.45) is -0.224. The lowest BCUT2D eigenvalue weighted by molar-refractivity contribution is 0.0240. The quantitative estimate of drug-likeness (QED) is 0.810. The van der Waals surface area contributed by atoms with Gasteiger partial charge < -0.3 is 20.3 Å². The smallest absolute Gasteiger partial charge is 0.410 e. The Hall–Kier alpha value is -1.91. The van der Waals surface area contributed by atoms with E-state index in [-0.39, 0.29) is 6.09 Å². The highest BCUT2D eigenvalue weighted by Crippen LogP contribution is 2.28. The van der Waals surface area contributed by atoms with Gasteiger partial charge in [0, 0.05) is 37.6 Å². The summed E-state index contributed by atoms with van der Waals surface area (Å²) in [5, 5.41) is 0. The molecular weight excluding hydrogens is 278 g/mol. The highest BCUT2D eigenvalue weighted by Gasteiger charge is 2.26. The molecule has 0 aromatic heterocycles. The van der Waals surface area contributed by atoms with E-state index in [0.717, 1.165) is 18.8 Å². The Labute approximate surface area is 133 Å². The molecule has 0 radical (unpaired) electrons. The van der Waals surface area contributed by atoms with Crippen LogP contribution in [0.1, 0.15) is 31.9 Å². The maximum atomic E-state index is 12.1. The Morgan fingerprint density at radius 3 is 2.05 bits per heavy atom. The molecule has 0 bridgehead atoms. The maximum Gasteiger partial charge on any atom is 0.410 e. The second kappa shape index (κ2) is 6.07. The van der Waals surface area contributed by atoms with Gasteiger partial charge in [-0.2, -0.15) is 0 Å². The number of rotatable bonds is 1. The van der Waals surface area contributed by atoms with Crippen LogP contribution in [0.4, 0.5) is 16.2 Å². The van der Waals surface area contributed by atoms with Gasteiger partial charge in [-0.3, -0.25) is 0 Å². The molecule has 1 aliphatic rings. The van der Waals surface area contributed by atoms with E-state index in [4.69, 9.17) is 10.5 Å². The standard InChI is InChI=1S/C17H27N3O2/c1-12-10-14(18)11-13(2)15(12)19-6-8-20(9-7-19)16(21)22-17(3,4)5/h10-11H,6-9,18H2,1-5H3. The molecule has 1 aromatic carbocycles. The highest BCUT2D eigenvalue weighted by atomic mass is 16.6. The first kappa shape index (κ1) is 16.5. The third-order valence-corrected chi connectivity index (χ3v) is 3.76. The molecule has 1 fully saturated rings. The number of nitrogen functional groups attached to an aromatic ring is 1. The van der Waals surface area contributed by atoms with Crippen LogP contribution in [-0.2, 0) is 4.74 Å². The minimum absolute atomic E-state index is 0.224. The van der Waals surface area contributed by atoms with E-state index < -0.39 is 5.60 Å². The van der Waals surface area contributed by atoms with Gasteiger partial charge >= 0.3 is 6.09 Å². The van der Waals surface area contributed by atoms with Crippen LogP contribution >= 0.6 is 0 Å². The van der Waals surface area contributed by atoms with Gasteiger partial charge in [0.15, 0.2) is 0 Å². The minimum atomic E-state index is -0.446. The lowest BCUT2D eigenvalue weighted by Gasteiger charge is -2.38. The third kappa shape index (κ3) is 3.84. The first-order valence-electron chi connectivity index (χ1n) is 7.77. The second-order valence-electron chi connectivity index (χ2n) is 6.96. The molecule has 1 heterocycles. The number of amides is 1. The number of carbonyl (C=O) groups excluding carboxylic acids is 1. The van der Waals surface area contributed by atoms with Crippen molar-refractivity contribution < 1.29 is 9.53 Å². The molecule has 2 rings (SSSR count). The molecule has 0 spiro atoms. The number of piperazine rings is 1. The van der Waals surface area contributed by atoms with Crippen LogP contribution in [0.3, 0.4) is 0 Å². The van der Waals surface area contributed by atoms with Crippen LogP contribution < -0.4 is 10.6 Å². The molecule has 0 unspecified atom stereocenters. The Bertz CT molecular complexity index is 533. The summed E-state index contributed by atoms with van der Waals surface area (Å²) in [6, 6.07) is 4.01. The summed E-state index contributed by atoms with van der Waals surface area (Å²) >= 11 is 0. The Morgan fingerprint density at radius 1 is 1.09 bits per heavy atom. The maximum absolute atomic E-state index is 12.1. The van der Waals surface area contributed by atoms with Crippen molar-refractivity contribution in [3.05, 3.63) is 23.3 Å². The average Bonchev–Trinajstić information content (AvgIpc) is 2.36. The number of nitrogens with zero attached hydrogens (tertiary/aromatic N) is 2. The number of aryl methyl sites for hydroxylation is 2. The van der Waals surface area contributed by atoms with Crippen molar-refractivity contribution in [2.75, 3.05) is 36.8 Å². The van der Waals surface area contributed by atoms with Crippen LogP contribution in [0.2, 0.25) is 0 Å². The number of hydrogen-bond donors (Lipinski definition) is 1. The fraction of sp³-hybridized carbons (Fsp3) is 0.588. The Kier molecular flexibility index (Phi) is 4.54. The lowest BCUT2D eigenvalue weighted by atomic mass is 10.1. The van der Waals surface area contributed by atoms with Crippen molar-refractivity contribution in [1.82, 2.24) is 4.90 Å². The van der Waals surface area contributed by atoms with Gasteiger partial charge in [0.2, 0.25) is 0 Å². The van der Waals surface area contributed by atoms with Crippen LogP contribution in [0.25, 0.3) is 0 Å². The van der Waals surface area contributed by atoms with E-state index in [0.29, 0.717) is 13.1 Å². The summed E-state index contributed by atoms with van der Waals surface area (Å²) < 4.78 is 5.43. The molecule has 1 aliphatic heterocycles. The molecule has 122 valence electrons. The first-order valence-corrected chi connectivity index (χ1v) is 7.77. The molecule has 0 aliphatic carbocycles. The predicted molar refractivity (Wildman–Crippen MR) is 90.3 cm³/mol. The zero-order valence-electron chi connectivity index (χ0n) is 14.3. The highest BCUT2D eigenvalue weighted by molar-refractivity contribution is 5.69. The number of carbonyl (C=O) groups is 1. The third-order valence-electron chi connectivity index (χ3n) is 3.76. The van der Waals surface area contributed by atoms with Gasteiger partial charge in [0.1, 0.15) is 5.60 Å². The summed E-state index contributed by atoms with van der Waals surface area (Å²) in [4.78, 5) is 16.2. The van der Waals surface area contributed by atoms with E-state index in [1.807, 2.05) is 32.9 Å². The van der Waals surface area contributed by atoms with Crippen LogP contribution in [0, 0.1) is 13.8 Å². The molecular formula is C17H27N3O2. The van der Waals surface area contributed by atoms with Gasteiger partial charge in [-0.25, -0.2) is 4.79 Å². The van der Waals surface area contributed by atoms with E-state index in [9.17, 15) is 4.79 Å². The van der Waals surface area contributed by atoms with Crippen molar-refractivity contribution in [3.63, 3.8) is 0 Å². The van der Waals surface area contributed by atoms with E-state index in [2.05, 4.69) is 18.7 Å². The molecule has 0 atom stereocenters. The summed E-state index contributed by atoms with van der Waals surface area (Å²) in [5.41, 5.74) is 9.84. The molecule has 1 saturated heterocycles. The minimum Gasteiger partial charge on any atom is -0.444 e. The van der Waals surface area contributed by atoms with Crippen molar-refractivity contribution in [3.8, 4) is 0 Å². The number of anilines is 2. The second-order valence-corrected chi connectivity index (χ2v) is 6.96. The number of ether oxygens (including phenoxy) is 1. The summed E-state index contributed by atoms with van der Waals surface area (Å²) in [7, 11) is 0. The summed E-state index contributed by atoms with van der Waals surface area (Å²) in [5.74, 6) is 0. The van der Waals surface area contributed by atoms with Gasteiger partial charge in [0.25, 0.3) is 0 Å². The van der Waals surface area contributed by atoms with Crippen molar-refractivity contribution >= 4 is 17.5 Å². The topological polar surface area (TPSA) is 58.8 Å². The van der Waals surface area contributed by atoms with E-state index in [1.54, 1.807) is 4.90 Å². The van der Waals surface area contributed by atoms with Gasteiger partial charge in [0.05, 0.1) is 0 Å². The van der Waals surface area contributed by atoms with Crippen LogP contribution in [-0.4, -0.2) is 42.8 Å². The Balaban J connectivity index is 2.02. The average molecular weight is 305 g/mol. The molecule has 5 heteroatoms. The zero-order valence-corrected chi connectivity index (χ0v) is 14.3. The van der Waals surface area contributed by atoms with E-state index in [1.165, 1.54) is 16.8 Å². The van der Waals surface area contributed by atoms with Crippen molar-refractivity contribution in [2.24, 2.45) is 0 Å². The fourth-order valence-corrected chi connectivity index (χ4v) is 2.93. The molecule has 0 saturated carbocycles. The van der Waals surface area contributed by atoms with Crippen LogP contribution in [0.15, 0.2) is 12.1 Å². The molecule has 5 nitrogen and oxygen atoms in total. The lowest BCUT2D eigenvalue weighted by Crippen LogP contribution is -2.50. The Morgan fingerprint density at radius 2 is 1.59 bits per heavy atom. The van der Waals surface area contributed by atoms with Crippen molar-refractivity contribution in [1.29, 1.82) is 0 Å². The normalized spacial score (nSPS) is 15.9. The molecule has 2 N–H and O–H groups in total. The SMILES string of the molecule is Cc1cc(N)cc(C)c1N1CCN(C(=O)OC(C)(C)C)CC1. The predicted octanol–water partition coefficient (Wildman–Crippen LogP) is 2.94. The van der Waals surface area contributed by atoms with Crippen molar-refractivity contribution in [2.45, 2.75) is 40.2 Å². The number of hydrogen-bond acceptors (Lipinski definition) is 4. The number of nitrogens with two attached hydrogens (primary N) is 1. The number of benzene rings is 1. The first-order chi connectivity index (χ1) is 10.2. The fourth-order valence-electron chi connectivity index (χ4n) is 2.93. The zero-order chi connectivity index (χ0) is 16.5. The van der Waals surface area contributed by atoms with Gasteiger partial charge in [-0.05, 0) is 57.9 Å². The molecule has 22 heavy (non-hydrogen) atoms. The van der Waals surface area contributed by atoms with Crippen LogP contribution in [0.5, 0.6) is 0 Å². The summed E-state index contributed by atoms with van der Waals surface area (Å²) in [6.45, 7) is 12.8. The van der Waals surface area contributed by atoms with E-state index >= 15 is 0 Å². The largest absolute Gasteiger partial charge is 0.444 e.